The van der Waals surface area contributed by atoms with E-state index in [0.29, 0.717) is 40.4 Å². The number of fused-ring (bicyclic) bond motifs is 6. The Hall–Kier alpha value is -10.6. The monoisotopic (exact) mass is 1160 g/mol. The molecule has 0 aliphatic heterocycles. The Labute approximate surface area is 520 Å². The van der Waals surface area contributed by atoms with Crippen LogP contribution in [-0.2, 0) is 0 Å². The van der Waals surface area contributed by atoms with Gasteiger partial charge in [0.2, 0.25) is 0 Å². The van der Waals surface area contributed by atoms with Crippen LogP contribution < -0.4 is 9.47 Å². The molecule has 2 aromatic heterocycles. The Morgan fingerprint density at radius 1 is 0.303 bits per heavy atom. The topological polar surface area (TPSA) is 68.8 Å². The Morgan fingerprint density at radius 2 is 0.573 bits per heavy atom. The first-order chi connectivity index (χ1) is 43.3. The van der Waals surface area contributed by atoms with Gasteiger partial charge in [0.05, 0.1) is 45.6 Å². The molecule has 0 radical (unpaired) electrons. The third-order valence-corrected chi connectivity index (χ3v) is 18.0. The van der Waals surface area contributed by atoms with Crippen LogP contribution in [0, 0.1) is 41.5 Å². The van der Waals surface area contributed by atoms with Crippen molar-refractivity contribution in [2.24, 2.45) is 0 Å². The number of para-hydroxylation sites is 2. The van der Waals surface area contributed by atoms with Gasteiger partial charge in [-0.25, -0.2) is 0 Å². The van der Waals surface area contributed by atoms with E-state index in [-0.39, 0.29) is 23.7 Å². The molecule has 12 aromatic carbocycles. The SMILES string of the molecule is Cc1cc(-c2ccccc2OC(C)C[C@H](C)Oc2ccccc2-c2cc(C)cc(-n3c4ccc(-c5ccccc5C)cc4c4cc(-c5ccccc5C)ccc43)c2O)c(O)c(-n2c3ccc(-c4ccccc4C)cc3c3cc(-c4ccccc4C)ccc32)c1. The highest BCUT2D eigenvalue weighted by Gasteiger charge is 2.25. The summed E-state index contributed by atoms with van der Waals surface area (Å²) in [5, 5.41) is 30.0. The van der Waals surface area contributed by atoms with E-state index in [2.05, 4.69) is 247 Å². The highest BCUT2D eigenvalue weighted by Crippen LogP contribution is 2.48. The zero-order chi connectivity index (χ0) is 61.2. The van der Waals surface area contributed by atoms with Gasteiger partial charge in [-0.3, -0.25) is 0 Å². The van der Waals surface area contributed by atoms with Crippen LogP contribution in [0.2, 0.25) is 0 Å². The van der Waals surface area contributed by atoms with E-state index in [1.807, 2.05) is 60.7 Å². The molecule has 6 nitrogen and oxygen atoms in total. The molecule has 2 atom stereocenters. The van der Waals surface area contributed by atoms with Gasteiger partial charge in [0, 0.05) is 50.2 Å². The fourth-order valence-electron chi connectivity index (χ4n) is 13.7. The largest absolute Gasteiger partial charge is 0.505 e. The van der Waals surface area contributed by atoms with Crippen molar-refractivity contribution in [2.75, 3.05) is 0 Å². The molecule has 14 aromatic rings. The molecule has 436 valence electrons. The minimum atomic E-state index is -0.293. The molecule has 2 heterocycles. The summed E-state index contributed by atoms with van der Waals surface area (Å²) in [4.78, 5) is 0. The van der Waals surface area contributed by atoms with Crippen molar-refractivity contribution >= 4 is 43.6 Å². The zero-order valence-corrected chi connectivity index (χ0v) is 51.6. The van der Waals surface area contributed by atoms with Crippen LogP contribution >= 0.6 is 0 Å². The van der Waals surface area contributed by atoms with Crippen molar-refractivity contribution in [1.82, 2.24) is 9.13 Å². The van der Waals surface area contributed by atoms with Gasteiger partial charge >= 0.3 is 0 Å². The van der Waals surface area contributed by atoms with Gasteiger partial charge in [0.15, 0.2) is 0 Å². The Kier molecular flexibility index (Phi) is 14.5. The number of benzene rings is 12. The molecule has 14 rings (SSSR count). The minimum absolute atomic E-state index is 0.164. The van der Waals surface area contributed by atoms with Crippen molar-refractivity contribution in [3.63, 3.8) is 0 Å². The van der Waals surface area contributed by atoms with Crippen LogP contribution in [0.5, 0.6) is 23.0 Å². The molecule has 0 bridgehead atoms. The van der Waals surface area contributed by atoms with E-state index < -0.39 is 0 Å². The van der Waals surface area contributed by atoms with E-state index in [4.69, 9.17) is 9.47 Å². The maximum absolute atomic E-state index is 12.8. The third-order valence-electron chi connectivity index (χ3n) is 18.0. The summed E-state index contributed by atoms with van der Waals surface area (Å²) in [7, 11) is 0. The lowest BCUT2D eigenvalue weighted by Crippen LogP contribution is -2.23. The molecule has 6 heteroatoms. The first-order valence-electron chi connectivity index (χ1n) is 30.9. The molecule has 0 fully saturated rings. The normalized spacial score (nSPS) is 12.3. The first kappa shape index (κ1) is 56.3. The van der Waals surface area contributed by atoms with E-state index in [1.54, 1.807) is 0 Å². The maximum Gasteiger partial charge on any atom is 0.147 e. The van der Waals surface area contributed by atoms with Gasteiger partial charge < -0.3 is 28.8 Å². The second-order valence-corrected chi connectivity index (χ2v) is 24.3. The van der Waals surface area contributed by atoms with E-state index >= 15 is 0 Å². The zero-order valence-electron chi connectivity index (χ0n) is 51.6. The average Bonchev–Trinajstić information content (AvgIpc) is 1.61. The number of phenolic OH excluding ortho intramolecular Hbond substituents is 2. The van der Waals surface area contributed by atoms with Crippen molar-refractivity contribution < 1.29 is 19.7 Å². The van der Waals surface area contributed by atoms with Crippen molar-refractivity contribution in [3.8, 4) is 101 Å². The lowest BCUT2D eigenvalue weighted by atomic mass is 9.97. The van der Waals surface area contributed by atoms with Gasteiger partial charge in [-0.05, 0) is 218 Å². The predicted octanol–water partition coefficient (Wildman–Crippen LogP) is 21.8. The summed E-state index contributed by atoms with van der Waals surface area (Å²) in [5.41, 5.74) is 24.5. The number of rotatable bonds is 14. The van der Waals surface area contributed by atoms with Crippen LogP contribution in [0.25, 0.3) is 122 Å². The summed E-state index contributed by atoms with van der Waals surface area (Å²) in [6, 6.07) is 85.1. The van der Waals surface area contributed by atoms with Gasteiger partial charge in [0.1, 0.15) is 23.0 Å². The van der Waals surface area contributed by atoms with Gasteiger partial charge in [-0.1, -0.05) is 158 Å². The quantitative estimate of drug-likeness (QED) is 0.114. The molecule has 2 N–H and O–H groups in total. The van der Waals surface area contributed by atoms with Crippen LogP contribution in [0.1, 0.15) is 53.6 Å². The maximum atomic E-state index is 12.8. The second kappa shape index (κ2) is 22.9. The molecule has 89 heavy (non-hydrogen) atoms. The second-order valence-electron chi connectivity index (χ2n) is 24.3. The molecule has 0 aliphatic carbocycles. The lowest BCUT2D eigenvalue weighted by molar-refractivity contribution is 0.131. The standard InChI is InChI=1S/C83H70N2O4/c1-50-41-72(82(86)78(43-50)84-74-37-33-58(62-25-13-9-21-52(62)3)46-68(74)69-47-59(34-38-75(69)84)63-26-14-10-22-53(63)4)66-29-17-19-31-80(66)88-56(7)45-57(8)89-81-32-20-18-30-67(81)73-42-51(2)44-79(83(73)87)85-76-39-35-60(64-27-15-11-23-54(64)5)48-70(76)71-49-61(36-40-77(71)85)65-28-16-12-24-55(65)6/h9-44,46-49,56-57,86-87H,45H2,1-8H3/t56-,57?/m0/s1. The van der Waals surface area contributed by atoms with E-state index in [0.717, 1.165) is 88.1 Å². The van der Waals surface area contributed by atoms with Crippen LogP contribution in [-0.4, -0.2) is 31.6 Å². The minimum Gasteiger partial charge on any atom is -0.505 e. The fraction of sp³-hybridized carbons (Fsp3) is 0.133. The molecule has 1 unspecified atom stereocenters. The predicted molar refractivity (Wildman–Crippen MR) is 371 cm³/mol. The molecular weight excluding hydrogens is 1090 g/mol. The third kappa shape index (κ3) is 10.2. The van der Waals surface area contributed by atoms with Crippen molar-refractivity contribution in [2.45, 2.75) is 74.0 Å². The number of phenols is 2. The fourth-order valence-corrected chi connectivity index (χ4v) is 13.7. The van der Waals surface area contributed by atoms with Gasteiger partial charge in [0.25, 0.3) is 0 Å². The number of aromatic nitrogens is 2. The van der Waals surface area contributed by atoms with Crippen molar-refractivity contribution in [1.29, 1.82) is 0 Å². The molecule has 0 saturated heterocycles. The van der Waals surface area contributed by atoms with Crippen molar-refractivity contribution in [3.05, 3.63) is 276 Å². The Morgan fingerprint density at radius 3 is 0.865 bits per heavy atom. The average molecular weight is 1160 g/mol. The summed E-state index contributed by atoms with van der Waals surface area (Å²) in [6.07, 6.45) is -0.0383. The number of hydrogen-bond donors (Lipinski definition) is 2. The van der Waals surface area contributed by atoms with Crippen LogP contribution in [0.15, 0.2) is 243 Å². The molecule has 0 amide bonds. The number of nitrogens with zero attached hydrogens (tertiary/aromatic N) is 2. The molecular formula is C83H70N2O4. The lowest BCUT2D eigenvalue weighted by Gasteiger charge is -2.24. The Bertz CT molecular complexity index is 4570. The molecule has 0 saturated carbocycles. The molecule has 0 aliphatic rings. The van der Waals surface area contributed by atoms with E-state index in [9.17, 15) is 10.2 Å². The van der Waals surface area contributed by atoms with E-state index in [1.165, 1.54) is 44.5 Å². The number of ether oxygens (including phenoxy) is 2. The first-order valence-corrected chi connectivity index (χ1v) is 30.9. The van der Waals surface area contributed by atoms with Crippen LogP contribution in [0.4, 0.5) is 0 Å². The highest BCUT2D eigenvalue weighted by molar-refractivity contribution is 6.13. The summed E-state index contributed by atoms with van der Waals surface area (Å²) in [6.45, 7) is 16.9. The van der Waals surface area contributed by atoms with Gasteiger partial charge in [-0.2, -0.15) is 0 Å². The number of aromatic hydroxyl groups is 2. The molecule has 0 spiro atoms. The highest BCUT2D eigenvalue weighted by atomic mass is 16.5. The Balaban J connectivity index is 0.775. The number of hydrogen-bond acceptors (Lipinski definition) is 4. The smallest absolute Gasteiger partial charge is 0.147 e. The summed E-state index contributed by atoms with van der Waals surface area (Å²) < 4.78 is 18.3. The summed E-state index contributed by atoms with van der Waals surface area (Å²) >= 11 is 0. The summed E-state index contributed by atoms with van der Waals surface area (Å²) in [5.74, 6) is 1.65. The van der Waals surface area contributed by atoms with Crippen LogP contribution in [0.3, 0.4) is 0 Å². The van der Waals surface area contributed by atoms with Gasteiger partial charge in [-0.15, -0.1) is 0 Å². The number of aryl methyl sites for hydroxylation is 6.